The third kappa shape index (κ3) is 2.86. The van der Waals surface area contributed by atoms with Gasteiger partial charge in [-0.1, -0.05) is 5.21 Å². The molecule has 2 rings (SSSR count). The molecule has 2 heterocycles. The fraction of sp³-hybridized carbons (Fsp3) is 0.364. The van der Waals surface area contributed by atoms with Crippen LogP contribution in [0.15, 0.2) is 30.7 Å². The van der Waals surface area contributed by atoms with Crippen LogP contribution in [0.1, 0.15) is 23.7 Å². The quantitative estimate of drug-likeness (QED) is 0.574. The monoisotopic (exact) mass is 232 g/mol. The number of pyridine rings is 1. The molecule has 6 nitrogen and oxygen atoms in total. The summed E-state index contributed by atoms with van der Waals surface area (Å²) in [6, 6.07) is 4.08. The predicted octanol–water partition coefficient (Wildman–Crippen LogP) is 0.347. The van der Waals surface area contributed by atoms with Crippen LogP contribution < -0.4 is 11.3 Å². The van der Waals surface area contributed by atoms with Gasteiger partial charge in [-0.05, 0) is 30.5 Å². The Bertz CT molecular complexity index is 452. The highest BCUT2D eigenvalue weighted by Crippen LogP contribution is 2.16. The van der Waals surface area contributed by atoms with Gasteiger partial charge in [0, 0.05) is 19.4 Å². The maximum Gasteiger partial charge on any atom is 0.0766 e. The molecule has 1 unspecified atom stereocenters. The van der Waals surface area contributed by atoms with Gasteiger partial charge in [0.2, 0.25) is 0 Å². The highest BCUT2D eigenvalue weighted by molar-refractivity contribution is 5.11. The summed E-state index contributed by atoms with van der Waals surface area (Å²) >= 11 is 0. The number of rotatable bonds is 5. The number of nitrogens with zero attached hydrogens (tertiary/aromatic N) is 4. The van der Waals surface area contributed by atoms with Crippen molar-refractivity contribution in [3.8, 4) is 0 Å². The van der Waals surface area contributed by atoms with Crippen LogP contribution in [0.3, 0.4) is 0 Å². The summed E-state index contributed by atoms with van der Waals surface area (Å²) < 4.78 is 1.73. The van der Waals surface area contributed by atoms with Crippen LogP contribution in [-0.4, -0.2) is 20.0 Å². The normalized spacial score (nSPS) is 12.6. The average Bonchev–Trinajstić information content (AvgIpc) is 2.78. The summed E-state index contributed by atoms with van der Waals surface area (Å²) in [6.07, 6.45) is 7.15. The molecule has 0 fully saturated rings. The highest BCUT2D eigenvalue weighted by Gasteiger charge is 2.13. The fourth-order valence-electron chi connectivity index (χ4n) is 1.79. The Morgan fingerprint density at radius 3 is 2.76 bits per heavy atom. The molecule has 0 aliphatic heterocycles. The highest BCUT2D eigenvalue weighted by atomic mass is 15.4. The summed E-state index contributed by atoms with van der Waals surface area (Å²) in [4.78, 5) is 3.99. The molecule has 0 aromatic carbocycles. The minimum atomic E-state index is 0.0585. The van der Waals surface area contributed by atoms with E-state index in [0.29, 0.717) is 0 Å². The van der Waals surface area contributed by atoms with Gasteiger partial charge in [0.1, 0.15) is 0 Å². The Morgan fingerprint density at radius 2 is 2.18 bits per heavy atom. The molecule has 0 aliphatic carbocycles. The summed E-state index contributed by atoms with van der Waals surface area (Å²) in [6.45, 7) is 0. The van der Waals surface area contributed by atoms with Gasteiger partial charge < -0.3 is 0 Å². The van der Waals surface area contributed by atoms with Crippen LogP contribution in [-0.2, 0) is 13.5 Å². The van der Waals surface area contributed by atoms with Gasteiger partial charge >= 0.3 is 0 Å². The third-order valence-corrected chi connectivity index (χ3v) is 2.78. The first-order chi connectivity index (χ1) is 8.31. The van der Waals surface area contributed by atoms with E-state index in [0.717, 1.165) is 18.5 Å². The number of nitrogens with two attached hydrogens (primary N) is 1. The summed E-state index contributed by atoms with van der Waals surface area (Å²) in [5.41, 5.74) is 5.03. The number of hydrogen-bond donors (Lipinski definition) is 2. The number of aryl methyl sites for hydroxylation is 2. The van der Waals surface area contributed by atoms with E-state index < -0.39 is 0 Å². The first-order valence-electron chi connectivity index (χ1n) is 5.51. The van der Waals surface area contributed by atoms with Gasteiger partial charge in [0.15, 0.2) is 0 Å². The minimum Gasteiger partial charge on any atom is -0.271 e. The second kappa shape index (κ2) is 5.51. The number of nitrogens with one attached hydrogen (secondary N) is 1. The van der Waals surface area contributed by atoms with Crippen LogP contribution >= 0.6 is 0 Å². The van der Waals surface area contributed by atoms with Crippen molar-refractivity contribution in [1.29, 1.82) is 0 Å². The molecular formula is C11H16N6. The Hall–Kier alpha value is -1.79. The zero-order valence-electron chi connectivity index (χ0n) is 9.74. The van der Waals surface area contributed by atoms with Crippen LogP contribution in [0, 0.1) is 0 Å². The van der Waals surface area contributed by atoms with Crippen molar-refractivity contribution in [3.05, 3.63) is 42.0 Å². The van der Waals surface area contributed by atoms with Gasteiger partial charge in [-0.3, -0.25) is 20.9 Å². The zero-order valence-corrected chi connectivity index (χ0v) is 9.74. The van der Waals surface area contributed by atoms with Gasteiger partial charge in [-0.15, -0.1) is 5.10 Å². The molecule has 0 saturated heterocycles. The molecule has 2 aromatic rings. The van der Waals surface area contributed by atoms with Crippen LogP contribution in [0.2, 0.25) is 0 Å². The van der Waals surface area contributed by atoms with Gasteiger partial charge in [0.05, 0.1) is 17.9 Å². The molecule has 1 atom stereocenters. The van der Waals surface area contributed by atoms with E-state index in [1.807, 2.05) is 19.2 Å². The number of hydrazine groups is 1. The van der Waals surface area contributed by atoms with Crippen molar-refractivity contribution in [2.75, 3.05) is 0 Å². The third-order valence-electron chi connectivity index (χ3n) is 2.78. The molecule has 0 spiro atoms. The minimum absolute atomic E-state index is 0.0585. The second-order valence-corrected chi connectivity index (χ2v) is 3.90. The van der Waals surface area contributed by atoms with E-state index in [-0.39, 0.29) is 6.04 Å². The van der Waals surface area contributed by atoms with Gasteiger partial charge in [0.25, 0.3) is 0 Å². The van der Waals surface area contributed by atoms with E-state index in [4.69, 9.17) is 5.84 Å². The second-order valence-electron chi connectivity index (χ2n) is 3.90. The van der Waals surface area contributed by atoms with Crippen LogP contribution in [0.5, 0.6) is 0 Å². The molecular weight excluding hydrogens is 216 g/mol. The van der Waals surface area contributed by atoms with E-state index >= 15 is 0 Å². The van der Waals surface area contributed by atoms with Gasteiger partial charge in [-0.25, -0.2) is 0 Å². The first-order valence-corrected chi connectivity index (χ1v) is 5.51. The molecule has 90 valence electrons. The van der Waals surface area contributed by atoms with Crippen molar-refractivity contribution in [2.24, 2.45) is 12.9 Å². The molecule has 0 aliphatic rings. The lowest BCUT2D eigenvalue weighted by Crippen LogP contribution is -2.30. The molecule has 6 heteroatoms. The summed E-state index contributed by atoms with van der Waals surface area (Å²) in [5, 5.41) is 7.75. The maximum atomic E-state index is 5.57. The fourth-order valence-corrected chi connectivity index (χ4v) is 1.79. The molecule has 0 radical (unpaired) electrons. The van der Waals surface area contributed by atoms with E-state index in [1.54, 1.807) is 23.3 Å². The Labute approximate surface area is 99.8 Å². The smallest absolute Gasteiger partial charge is 0.0766 e. The molecule has 0 amide bonds. The van der Waals surface area contributed by atoms with E-state index in [9.17, 15) is 0 Å². The lowest BCUT2D eigenvalue weighted by molar-refractivity contribution is 0.479. The lowest BCUT2D eigenvalue weighted by Gasteiger charge is -2.15. The standard InChI is InChI=1S/C11H16N6/c1-17-11(8-14-16-17)10(15-12)3-2-9-4-6-13-7-5-9/h4-8,10,15H,2-3,12H2,1H3. The van der Waals surface area contributed by atoms with Crippen LogP contribution in [0.4, 0.5) is 0 Å². The van der Waals surface area contributed by atoms with Crippen molar-refractivity contribution in [1.82, 2.24) is 25.4 Å². The topological polar surface area (TPSA) is 81.7 Å². The van der Waals surface area contributed by atoms with Crippen molar-refractivity contribution in [2.45, 2.75) is 18.9 Å². The Balaban J connectivity index is 2.00. The zero-order chi connectivity index (χ0) is 12.1. The predicted molar refractivity (Wildman–Crippen MR) is 63.6 cm³/mol. The number of aromatic nitrogens is 4. The molecule has 3 N–H and O–H groups in total. The van der Waals surface area contributed by atoms with Crippen molar-refractivity contribution >= 4 is 0 Å². The SMILES string of the molecule is Cn1nncc1C(CCc1ccncc1)NN. The summed E-state index contributed by atoms with van der Waals surface area (Å²) in [5.74, 6) is 5.57. The van der Waals surface area contributed by atoms with Crippen molar-refractivity contribution in [3.63, 3.8) is 0 Å². The molecule has 0 saturated carbocycles. The Kier molecular flexibility index (Phi) is 3.79. The lowest BCUT2D eigenvalue weighted by atomic mass is 10.0. The van der Waals surface area contributed by atoms with Gasteiger partial charge in [-0.2, -0.15) is 0 Å². The number of hydrogen-bond acceptors (Lipinski definition) is 5. The molecule has 0 bridgehead atoms. The average molecular weight is 232 g/mol. The van der Waals surface area contributed by atoms with Crippen LogP contribution in [0.25, 0.3) is 0 Å². The van der Waals surface area contributed by atoms with Crippen molar-refractivity contribution < 1.29 is 0 Å². The first kappa shape index (κ1) is 11.7. The molecule has 2 aromatic heterocycles. The van der Waals surface area contributed by atoms with E-state index in [2.05, 4.69) is 20.7 Å². The maximum absolute atomic E-state index is 5.57. The summed E-state index contributed by atoms with van der Waals surface area (Å²) in [7, 11) is 1.86. The Morgan fingerprint density at radius 1 is 1.41 bits per heavy atom. The largest absolute Gasteiger partial charge is 0.271 e. The van der Waals surface area contributed by atoms with E-state index in [1.165, 1.54) is 5.56 Å². The molecule has 17 heavy (non-hydrogen) atoms.